The van der Waals surface area contributed by atoms with Gasteiger partial charge in [-0.15, -0.1) is 0 Å². The summed E-state index contributed by atoms with van der Waals surface area (Å²) in [4.78, 5) is 16.0. The molecular formula is C18H16IN3O3. The van der Waals surface area contributed by atoms with Crippen LogP contribution in [-0.2, 0) is 4.43 Å². The lowest BCUT2D eigenvalue weighted by atomic mass is 10.1. The van der Waals surface area contributed by atoms with E-state index in [9.17, 15) is 4.79 Å². The number of alkyl halides is 1. The van der Waals surface area contributed by atoms with Crippen molar-refractivity contribution in [3.8, 4) is 17.2 Å². The zero-order valence-corrected chi connectivity index (χ0v) is 15.6. The van der Waals surface area contributed by atoms with Crippen LogP contribution in [0.4, 0.5) is 5.69 Å². The fraction of sp³-hybridized carbons (Fsp3) is 0.111. The minimum absolute atomic E-state index is 0.276. The van der Waals surface area contributed by atoms with E-state index in [0.29, 0.717) is 28.2 Å². The molecule has 0 spiro atoms. The Morgan fingerprint density at radius 1 is 1.20 bits per heavy atom. The molecule has 1 heterocycles. The highest BCUT2D eigenvalue weighted by Crippen LogP contribution is 2.34. The molecule has 7 heteroatoms. The zero-order chi connectivity index (χ0) is 18.0. The van der Waals surface area contributed by atoms with Crippen molar-refractivity contribution in [1.29, 1.82) is 0 Å². The highest BCUT2D eigenvalue weighted by Gasteiger charge is 2.14. The number of anilines is 1. The highest BCUT2D eigenvalue weighted by molar-refractivity contribution is 14.1. The molecule has 0 aliphatic carbocycles. The summed E-state index contributed by atoms with van der Waals surface area (Å²) in [5.74, 6) is 1.03. The van der Waals surface area contributed by atoms with E-state index in [-0.39, 0.29) is 5.56 Å². The molecule has 0 unspecified atom stereocenters. The fourth-order valence-corrected chi connectivity index (χ4v) is 3.15. The highest BCUT2D eigenvalue weighted by atomic mass is 127. The van der Waals surface area contributed by atoms with E-state index in [1.807, 2.05) is 12.1 Å². The molecule has 1 amide bonds. The number of carbonyl (C=O) groups is 1. The lowest BCUT2D eigenvalue weighted by Gasteiger charge is -2.12. The van der Waals surface area contributed by atoms with Crippen LogP contribution in [0.1, 0.15) is 15.9 Å². The molecule has 0 aliphatic rings. The van der Waals surface area contributed by atoms with Crippen LogP contribution >= 0.6 is 22.6 Å². The number of nitrogens with two attached hydrogens (primary N) is 2. The molecule has 1 aromatic heterocycles. The van der Waals surface area contributed by atoms with Crippen molar-refractivity contribution in [3.05, 3.63) is 53.7 Å². The Balaban J connectivity index is 2.10. The summed E-state index contributed by atoms with van der Waals surface area (Å²) in [6.45, 7) is 0. The molecule has 0 radical (unpaired) electrons. The van der Waals surface area contributed by atoms with E-state index in [1.165, 1.54) is 7.11 Å². The van der Waals surface area contributed by atoms with Crippen molar-refractivity contribution in [2.45, 2.75) is 4.43 Å². The summed E-state index contributed by atoms with van der Waals surface area (Å²) in [7, 11) is 1.48. The van der Waals surface area contributed by atoms with Gasteiger partial charge in [-0.1, -0.05) is 22.6 Å². The van der Waals surface area contributed by atoms with Gasteiger partial charge in [0.15, 0.2) is 0 Å². The fourth-order valence-electron chi connectivity index (χ4n) is 2.49. The van der Waals surface area contributed by atoms with Crippen LogP contribution < -0.4 is 20.9 Å². The number of ether oxygens (including phenoxy) is 2. The number of aromatic nitrogens is 1. The van der Waals surface area contributed by atoms with E-state index in [4.69, 9.17) is 20.9 Å². The predicted molar refractivity (Wildman–Crippen MR) is 105 cm³/mol. The Kier molecular flexibility index (Phi) is 4.93. The third kappa shape index (κ3) is 3.46. The van der Waals surface area contributed by atoms with Crippen LogP contribution in [0.5, 0.6) is 17.2 Å². The minimum atomic E-state index is -0.576. The first-order valence-corrected chi connectivity index (χ1v) is 8.95. The van der Waals surface area contributed by atoms with Gasteiger partial charge < -0.3 is 20.9 Å². The number of fused-ring (bicyclic) bond motifs is 1. The van der Waals surface area contributed by atoms with Crippen molar-refractivity contribution >= 4 is 45.1 Å². The van der Waals surface area contributed by atoms with E-state index >= 15 is 0 Å². The normalized spacial score (nSPS) is 10.6. The number of carbonyl (C=O) groups excluding carboxylic acids is 1. The quantitative estimate of drug-likeness (QED) is 0.352. The van der Waals surface area contributed by atoms with Gasteiger partial charge in [0.05, 0.1) is 18.2 Å². The molecular weight excluding hydrogens is 433 g/mol. The lowest BCUT2D eigenvalue weighted by molar-refractivity contribution is 0.0997. The van der Waals surface area contributed by atoms with Crippen molar-refractivity contribution in [2.75, 3.05) is 12.8 Å². The maximum Gasteiger partial charge on any atom is 0.252 e. The molecule has 3 aromatic rings. The summed E-state index contributed by atoms with van der Waals surface area (Å²) >= 11 is 2.25. The first-order valence-electron chi connectivity index (χ1n) is 7.42. The molecule has 0 atom stereocenters. The largest absolute Gasteiger partial charge is 0.496 e. The van der Waals surface area contributed by atoms with Crippen LogP contribution in [0.25, 0.3) is 10.9 Å². The monoisotopic (exact) mass is 449 g/mol. The van der Waals surface area contributed by atoms with Crippen LogP contribution in [0.15, 0.2) is 42.6 Å². The maximum atomic E-state index is 11.7. The Morgan fingerprint density at radius 2 is 2.00 bits per heavy atom. The first-order chi connectivity index (χ1) is 12.0. The van der Waals surface area contributed by atoms with Crippen molar-refractivity contribution in [3.63, 3.8) is 0 Å². The molecule has 6 nitrogen and oxygen atoms in total. The van der Waals surface area contributed by atoms with Gasteiger partial charge in [-0.3, -0.25) is 9.78 Å². The van der Waals surface area contributed by atoms with Crippen molar-refractivity contribution in [1.82, 2.24) is 4.98 Å². The number of nitrogens with zero attached hydrogens (tertiary/aromatic N) is 1. The number of methoxy groups -OCH3 is 1. The number of nitrogen functional groups attached to an aromatic ring is 1. The van der Waals surface area contributed by atoms with Gasteiger partial charge in [0.1, 0.15) is 17.2 Å². The van der Waals surface area contributed by atoms with Crippen LogP contribution in [0, 0.1) is 0 Å². The number of hydrogen-bond donors (Lipinski definition) is 2. The number of halogens is 1. The van der Waals surface area contributed by atoms with Crippen molar-refractivity contribution in [2.24, 2.45) is 5.73 Å². The zero-order valence-electron chi connectivity index (χ0n) is 13.5. The molecule has 0 bridgehead atoms. The standard InChI is InChI=1S/C18H16IN3O3/c1-24-17-8-15-12(7-13(17)18(21)23)16(4-5-22-15)25-11-2-3-14(20)10(6-11)9-19/h2-8H,9,20H2,1H3,(H2,21,23). The number of pyridine rings is 1. The average Bonchev–Trinajstić information content (AvgIpc) is 2.62. The molecule has 128 valence electrons. The van der Waals surface area contributed by atoms with Crippen LogP contribution in [0.3, 0.4) is 0 Å². The van der Waals surface area contributed by atoms with Crippen LogP contribution in [-0.4, -0.2) is 18.0 Å². The average molecular weight is 449 g/mol. The molecule has 4 N–H and O–H groups in total. The molecule has 0 aliphatic heterocycles. The SMILES string of the molecule is COc1cc2nccc(Oc3ccc(N)c(CI)c3)c2cc1C(N)=O. The third-order valence-electron chi connectivity index (χ3n) is 3.77. The van der Waals surface area contributed by atoms with Crippen molar-refractivity contribution < 1.29 is 14.3 Å². The molecule has 0 fully saturated rings. The molecule has 0 saturated carbocycles. The number of amides is 1. The Hall–Kier alpha value is -2.55. The second-order valence-electron chi connectivity index (χ2n) is 5.34. The van der Waals surface area contributed by atoms with E-state index < -0.39 is 5.91 Å². The second-order valence-corrected chi connectivity index (χ2v) is 6.10. The predicted octanol–water partition coefficient (Wildman–Crippen LogP) is 3.65. The summed E-state index contributed by atoms with van der Waals surface area (Å²) in [6, 6.07) is 10.5. The van der Waals surface area contributed by atoms with E-state index in [1.54, 1.807) is 30.5 Å². The molecule has 25 heavy (non-hydrogen) atoms. The number of benzene rings is 2. The summed E-state index contributed by atoms with van der Waals surface area (Å²) in [5.41, 5.74) is 14.0. The van der Waals surface area contributed by atoms with Gasteiger partial charge in [0.2, 0.25) is 0 Å². The summed E-state index contributed by atoms with van der Waals surface area (Å²) in [5, 5.41) is 0.671. The van der Waals surface area contributed by atoms with Crippen LogP contribution in [0.2, 0.25) is 0 Å². The van der Waals surface area contributed by atoms with Gasteiger partial charge in [0, 0.05) is 27.8 Å². The summed E-state index contributed by atoms with van der Waals surface area (Å²) in [6.07, 6.45) is 1.64. The van der Waals surface area contributed by atoms with Gasteiger partial charge in [-0.2, -0.15) is 0 Å². The second kappa shape index (κ2) is 7.14. The van der Waals surface area contributed by atoms with Gasteiger partial charge in [-0.25, -0.2) is 0 Å². The molecule has 3 rings (SSSR count). The van der Waals surface area contributed by atoms with Gasteiger partial charge >= 0.3 is 0 Å². The Labute approximate surface area is 158 Å². The number of primary amides is 1. The van der Waals surface area contributed by atoms with Gasteiger partial charge in [0.25, 0.3) is 5.91 Å². The lowest BCUT2D eigenvalue weighted by Crippen LogP contribution is -2.12. The third-order valence-corrected chi connectivity index (χ3v) is 4.60. The van der Waals surface area contributed by atoms with Gasteiger partial charge in [-0.05, 0) is 35.9 Å². The maximum absolute atomic E-state index is 11.7. The Bertz CT molecular complexity index is 960. The smallest absolute Gasteiger partial charge is 0.252 e. The van der Waals surface area contributed by atoms with E-state index in [2.05, 4.69) is 27.6 Å². The topological polar surface area (TPSA) is 100 Å². The number of rotatable bonds is 5. The summed E-state index contributed by atoms with van der Waals surface area (Å²) < 4.78 is 12.0. The molecule has 2 aromatic carbocycles. The first kappa shape index (κ1) is 17.3. The molecule has 0 saturated heterocycles. The van der Waals surface area contributed by atoms with E-state index in [0.717, 1.165) is 15.7 Å². The Morgan fingerprint density at radius 3 is 2.68 bits per heavy atom. The minimum Gasteiger partial charge on any atom is -0.496 e. The number of hydrogen-bond acceptors (Lipinski definition) is 5.